The van der Waals surface area contributed by atoms with Crippen LogP contribution in [0.25, 0.3) is 0 Å². The van der Waals surface area contributed by atoms with E-state index >= 15 is 0 Å². The maximum Gasteiger partial charge on any atom is 0.242 e. The lowest BCUT2D eigenvalue weighted by molar-refractivity contribution is -0.140. The van der Waals surface area contributed by atoms with Gasteiger partial charge in [0.15, 0.2) is 0 Å². The van der Waals surface area contributed by atoms with Crippen LogP contribution in [0.3, 0.4) is 0 Å². The molecule has 34 heavy (non-hydrogen) atoms. The second kappa shape index (κ2) is 12.5. The summed E-state index contributed by atoms with van der Waals surface area (Å²) in [6, 6.07) is 12.2. The highest BCUT2D eigenvalue weighted by atomic mass is 32.2. The summed E-state index contributed by atoms with van der Waals surface area (Å²) >= 11 is 0. The molecule has 0 saturated heterocycles. The summed E-state index contributed by atoms with van der Waals surface area (Å²) < 4.78 is 39.0. The average molecular weight is 492 g/mol. The lowest BCUT2D eigenvalue weighted by Crippen LogP contribution is -2.47. The van der Waals surface area contributed by atoms with Crippen LogP contribution in [-0.2, 0) is 26.2 Å². The number of aryl methyl sites for hydroxylation is 1. The molecule has 2 amide bonds. The summed E-state index contributed by atoms with van der Waals surface area (Å²) in [5.41, 5.74) is 2.33. The zero-order chi connectivity index (χ0) is 25.3. The van der Waals surface area contributed by atoms with Crippen molar-refractivity contribution in [1.29, 1.82) is 0 Å². The van der Waals surface area contributed by atoms with Crippen molar-refractivity contribution in [3.8, 4) is 0 Å². The molecule has 186 valence electrons. The van der Waals surface area contributed by atoms with Crippen LogP contribution in [0, 0.1) is 12.7 Å². The Morgan fingerprint density at radius 2 is 1.68 bits per heavy atom. The molecule has 0 aromatic heterocycles. The molecule has 7 nitrogen and oxygen atoms in total. The van der Waals surface area contributed by atoms with Gasteiger partial charge in [-0.05, 0) is 56.5 Å². The van der Waals surface area contributed by atoms with E-state index in [-0.39, 0.29) is 37.7 Å². The maximum atomic E-state index is 13.3. The van der Waals surface area contributed by atoms with Crippen LogP contribution in [0.1, 0.15) is 44.2 Å². The van der Waals surface area contributed by atoms with Gasteiger partial charge in [0.05, 0.1) is 11.9 Å². The van der Waals surface area contributed by atoms with Crippen LogP contribution < -0.4 is 9.62 Å². The maximum absolute atomic E-state index is 13.3. The van der Waals surface area contributed by atoms with E-state index in [1.807, 2.05) is 38.1 Å². The van der Waals surface area contributed by atoms with Crippen LogP contribution in [-0.4, -0.2) is 50.5 Å². The van der Waals surface area contributed by atoms with E-state index in [2.05, 4.69) is 5.32 Å². The Kier molecular flexibility index (Phi) is 10.0. The number of anilines is 1. The van der Waals surface area contributed by atoms with Crippen LogP contribution >= 0.6 is 0 Å². The lowest BCUT2D eigenvalue weighted by atomic mass is 10.1. The number of nitrogens with zero attached hydrogens (tertiary/aromatic N) is 2. The van der Waals surface area contributed by atoms with Gasteiger partial charge in [0.1, 0.15) is 11.9 Å². The lowest BCUT2D eigenvalue weighted by Gasteiger charge is -2.29. The third-order valence-electron chi connectivity index (χ3n) is 5.46. The largest absolute Gasteiger partial charge is 0.354 e. The second-order valence-corrected chi connectivity index (χ2v) is 10.3. The number of benzene rings is 2. The number of sulfonamides is 1. The molecule has 0 bridgehead atoms. The molecular weight excluding hydrogens is 457 g/mol. The normalized spacial score (nSPS) is 12.1. The molecule has 0 aliphatic heterocycles. The Hall–Kier alpha value is -2.94. The van der Waals surface area contributed by atoms with Gasteiger partial charge in [-0.1, -0.05) is 36.8 Å². The first-order chi connectivity index (χ1) is 16.0. The van der Waals surface area contributed by atoms with Crippen molar-refractivity contribution in [1.82, 2.24) is 10.2 Å². The van der Waals surface area contributed by atoms with Gasteiger partial charge in [0.2, 0.25) is 21.8 Å². The Morgan fingerprint density at radius 3 is 2.24 bits per heavy atom. The smallest absolute Gasteiger partial charge is 0.242 e. The van der Waals surface area contributed by atoms with Gasteiger partial charge in [-0.15, -0.1) is 0 Å². The van der Waals surface area contributed by atoms with E-state index in [1.54, 1.807) is 6.92 Å². The third kappa shape index (κ3) is 8.13. The zero-order valence-corrected chi connectivity index (χ0v) is 21.1. The molecule has 1 N–H and O–H groups in total. The molecule has 0 radical (unpaired) electrons. The van der Waals surface area contributed by atoms with Crippen molar-refractivity contribution >= 4 is 27.5 Å². The first-order valence-corrected chi connectivity index (χ1v) is 13.2. The van der Waals surface area contributed by atoms with Crippen molar-refractivity contribution < 1.29 is 22.4 Å². The fourth-order valence-corrected chi connectivity index (χ4v) is 4.45. The molecule has 0 fully saturated rings. The quantitative estimate of drug-likeness (QED) is 0.491. The monoisotopic (exact) mass is 491 g/mol. The van der Waals surface area contributed by atoms with E-state index in [9.17, 15) is 22.4 Å². The predicted molar refractivity (Wildman–Crippen MR) is 132 cm³/mol. The number of nitrogens with one attached hydrogen (secondary N) is 1. The highest BCUT2D eigenvalue weighted by Gasteiger charge is 2.26. The summed E-state index contributed by atoms with van der Waals surface area (Å²) in [5.74, 6) is -0.937. The zero-order valence-electron chi connectivity index (χ0n) is 20.3. The molecule has 0 heterocycles. The van der Waals surface area contributed by atoms with Gasteiger partial charge < -0.3 is 10.2 Å². The Balaban J connectivity index is 2.13. The number of halogens is 1. The SMILES string of the molecule is CCCNC(=O)[C@H](C)N(Cc1ccc(C)cc1)C(=O)CCCN(c1ccc(F)cc1)S(C)(=O)=O. The van der Waals surface area contributed by atoms with E-state index in [0.717, 1.165) is 28.1 Å². The third-order valence-corrected chi connectivity index (χ3v) is 6.65. The summed E-state index contributed by atoms with van der Waals surface area (Å²) in [5, 5.41) is 2.83. The Morgan fingerprint density at radius 1 is 1.06 bits per heavy atom. The van der Waals surface area contributed by atoms with E-state index < -0.39 is 21.9 Å². The summed E-state index contributed by atoms with van der Waals surface area (Å²) in [6.07, 6.45) is 2.17. The number of carbonyl (C=O) groups is 2. The molecule has 0 saturated carbocycles. The van der Waals surface area contributed by atoms with Crippen molar-refractivity contribution in [2.24, 2.45) is 0 Å². The van der Waals surface area contributed by atoms with Crippen molar-refractivity contribution in [2.75, 3.05) is 23.7 Å². The minimum atomic E-state index is -3.62. The van der Waals surface area contributed by atoms with Crippen molar-refractivity contribution in [2.45, 2.75) is 52.6 Å². The summed E-state index contributed by atoms with van der Waals surface area (Å²) in [7, 11) is -3.62. The number of rotatable bonds is 12. The van der Waals surface area contributed by atoms with Gasteiger partial charge in [-0.3, -0.25) is 13.9 Å². The van der Waals surface area contributed by atoms with Gasteiger partial charge >= 0.3 is 0 Å². The number of hydrogen-bond acceptors (Lipinski definition) is 4. The van der Waals surface area contributed by atoms with E-state index in [0.29, 0.717) is 12.2 Å². The topological polar surface area (TPSA) is 86.8 Å². The minimum absolute atomic E-state index is 0.0600. The molecule has 2 aromatic carbocycles. The molecule has 0 aliphatic carbocycles. The Labute approximate surface area is 202 Å². The molecule has 9 heteroatoms. The van der Waals surface area contributed by atoms with E-state index in [1.165, 1.54) is 29.2 Å². The fourth-order valence-electron chi connectivity index (χ4n) is 3.48. The summed E-state index contributed by atoms with van der Waals surface area (Å²) in [4.78, 5) is 27.3. The second-order valence-electron chi connectivity index (χ2n) is 8.39. The van der Waals surface area contributed by atoms with Gasteiger partial charge in [-0.2, -0.15) is 0 Å². The number of hydrogen-bond donors (Lipinski definition) is 1. The molecule has 0 unspecified atom stereocenters. The summed E-state index contributed by atoms with van der Waals surface area (Å²) in [6.45, 7) is 6.48. The number of amides is 2. The van der Waals surface area contributed by atoms with Gasteiger partial charge in [0, 0.05) is 26.1 Å². The van der Waals surface area contributed by atoms with Crippen molar-refractivity contribution in [3.63, 3.8) is 0 Å². The molecule has 2 aromatic rings. The first-order valence-electron chi connectivity index (χ1n) is 11.4. The molecule has 0 aliphatic rings. The van der Waals surface area contributed by atoms with Crippen LogP contribution in [0.15, 0.2) is 48.5 Å². The fraction of sp³-hybridized carbons (Fsp3) is 0.440. The molecule has 2 rings (SSSR count). The highest BCUT2D eigenvalue weighted by molar-refractivity contribution is 7.92. The highest BCUT2D eigenvalue weighted by Crippen LogP contribution is 2.19. The van der Waals surface area contributed by atoms with Crippen LogP contribution in [0.5, 0.6) is 0 Å². The number of carbonyl (C=O) groups excluding carboxylic acids is 2. The average Bonchev–Trinajstić information content (AvgIpc) is 2.79. The molecular formula is C25H34FN3O4S. The first kappa shape index (κ1) is 27.3. The predicted octanol–water partition coefficient (Wildman–Crippen LogP) is 3.62. The van der Waals surface area contributed by atoms with Crippen molar-refractivity contribution in [3.05, 3.63) is 65.5 Å². The minimum Gasteiger partial charge on any atom is -0.354 e. The Bertz CT molecular complexity index is 1060. The van der Waals surface area contributed by atoms with Crippen LogP contribution in [0.2, 0.25) is 0 Å². The van der Waals surface area contributed by atoms with Crippen LogP contribution in [0.4, 0.5) is 10.1 Å². The van der Waals surface area contributed by atoms with Gasteiger partial charge in [-0.25, -0.2) is 12.8 Å². The molecule has 1 atom stereocenters. The standard InChI is InChI=1S/C25H34FN3O4S/c1-5-16-27-25(31)20(3)28(18-21-10-8-19(2)9-11-21)24(30)7-6-17-29(34(4,32)33)23-14-12-22(26)13-15-23/h8-15,20H,5-7,16-18H2,1-4H3,(H,27,31)/t20-/m0/s1. The molecule has 0 spiro atoms. The van der Waals surface area contributed by atoms with Gasteiger partial charge in [0.25, 0.3) is 0 Å². The van der Waals surface area contributed by atoms with E-state index in [4.69, 9.17) is 0 Å².